The van der Waals surface area contributed by atoms with Gasteiger partial charge in [-0.25, -0.2) is 4.79 Å². The monoisotopic (exact) mass is 458 g/mol. The van der Waals surface area contributed by atoms with Gasteiger partial charge in [-0.2, -0.15) is 0 Å². The first-order valence-corrected chi connectivity index (χ1v) is 11.8. The number of nitrogens with one attached hydrogen (secondary N) is 2. The van der Waals surface area contributed by atoms with Crippen molar-refractivity contribution in [3.63, 3.8) is 0 Å². The van der Waals surface area contributed by atoms with Crippen molar-refractivity contribution >= 4 is 29.7 Å². The molecule has 2 fully saturated rings. The molecule has 3 amide bonds. The standard InChI is InChI=1S/C21H38N4O5S/c1-13(29-19(2,3)4)15(23-18(28)30-20(5,6)7)17(27)25-10-8-21(9-11-25)24-14(12-31-21)16(22)26/h13-15,24H,8-12H2,1-7H3,(H2,22,26)(H,23,28)/t13-,14+,15+/m1/s1. The number of hydrogen-bond acceptors (Lipinski definition) is 7. The molecule has 0 aromatic heterocycles. The van der Waals surface area contributed by atoms with Crippen LogP contribution in [-0.4, -0.2) is 75.9 Å². The molecule has 1 spiro atoms. The SMILES string of the molecule is C[C@@H](OC(C)(C)C)[C@H](NC(=O)OC(C)(C)C)C(=O)N1CCC2(CC1)N[C@H](C(N)=O)CS2. The lowest BCUT2D eigenvalue weighted by molar-refractivity contribution is -0.142. The molecule has 0 aromatic carbocycles. The highest BCUT2D eigenvalue weighted by Crippen LogP contribution is 2.39. The zero-order valence-electron chi connectivity index (χ0n) is 19.7. The van der Waals surface area contributed by atoms with Crippen molar-refractivity contribution in [3.05, 3.63) is 0 Å². The molecule has 178 valence electrons. The van der Waals surface area contributed by atoms with Gasteiger partial charge in [-0.1, -0.05) is 0 Å². The minimum Gasteiger partial charge on any atom is -0.444 e. The molecule has 2 heterocycles. The summed E-state index contributed by atoms with van der Waals surface area (Å²) in [5, 5.41) is 6.06. The molecule has 31 heavy (non-hydrogen) atoms. The molecule has 0 aliphatic carbocycles. The number of alkyl carbamates (subject to hydrolysis) is 1. The second-order valence-corrected chi connectivity index (χ2v) is 11.7. The zero-order valence-corrected chi connectivity index (χ0v) is 20.6. The molecule has 2 aliphatic rings. The highest BCUT2D eigenvalue weighted by molar-refractivity contribution is 8.01. The Morgan fingerprint density at radius 2 is 1.71 bits per heavy atom. The van der Waals surface area contributed by atoms with Crippen LogP contribution in [0.25, 0.3) is 0 Å². The van der Waals surface area contributed by atoms with Gasteiger partial charge in [0.25, 0.3) is 0 Å². The predicted molar refractivity (Wildman–Crippen MR) is 121 cm³/mol. The van der Waals surface area contributed by atoms with E-state index in [2.05, 4.69) is 10.6 Å². The summed E-state index contributed by atoms with van der Waals surface area (Å²) < 4.78 is 11.4. The molecule has 0 bridgehead atoms. The summed E-state index contributed by atoms with van der Waals surface area (Å²) in [6.07, 6.45) is 0.192. The number of nitrogens with two attached hydrogens (primary N) is 1. The number of piperidine rings is 1. The summed E-state index contributed by atoms with van der Waals surface area (Å²) >= 11 is 1.69. The van der Waals surface area contributed by atoms with E-state index < -0.39 is 29.4 Å². The van der Waals surface area contributed by atoms with Gasteiger partial charge in [-0.05, 0) is 61.3 Å². The Bertz CT molecular complexity index is 680. The van der Waals surface area contributed by atoms with E-state index in [0.29, 0.717) is 31.7 Å². The summed E-state index contributed by atoms with van der Waals surface area (Å²) in [5.74, 6) is 0.0901. The van der Waals surface area contributed by atoms with Crippen LogP contribution < -0.4 is 16.4 Å². The molecular weight excluding hydrogens is 420 g/mol. The molecule has 0 aromatic rings. The third-order valence-electron chi connectivity index (χ3n) is 5.14. The fourth-order valence-corrected chi connectivity index (χ4v) is 5.24. The van der Waals surface area contributed by atoms with Crippen molar-refractivity contribution in [2.45, 2.75) is 95.6 Å². The first-order chi connectivity index (χ1) is 14.1. The van der Waals surface area contributed by atoms with Gasteiger partial charge in [-0.3, -0.25) is 14.9 Å². The maximum Gasteiger partial charge on any atom is 0.408 e. The van der Waals surface area contributed by atoms with Crippen LogP contribution in [0.5, 0.6) is 0 Å². The van der Waals surface area contributed by atoms with Crippen LogP contribution in [-0.2, 0) is 19.1 Å². The first-order valence-electron chi connectivity index (χ1n) is 10.8. The van der Waals surface area contributed by atoms with E-state index in [1.54, 1.807) is 44.4 Å². The van der Waals surface area contributed by atoms with Gasteiger partial charge in [0.05, 0.1) is 22.6 Å². The Morgan fingerprint density at radius 3 is 2.16 bits per heavy atom. The number of amides is 3. The molecule has 0 saturated carbocycles. The minimum absolute atomic E-state index is 0.202. The average Bonchev–Trinajstić information content (AvgIpc) is 3.01. The molecule has 0 radical (unpaired) electrons. The van der Waals surface area contributed by atoms with Crippen molar-refractivity contribution in [1.82, 2.24) is 15.5 Å². The second-order valence-electron chi connectivity index (χ2n) is 10.3. The maximum atomic E-state index is 13.4. The Labute approximate surface area is 189 Å². The van der Waals surface area contributed by atoms with Crippen molar-refractivity contribution < 1.29 is 23.9 Å². The van der Waals surface area contributed by atoms with Crippen molar-refractivity contribution in [1.29, 1.82) is 0 Å². The molecule has 2 saturated heterocycles. The van der Waals surface area contributed by atoms with E-state index in [4.69, 9.17) is 15.2 Å². The lowest BCUT2D eigenvalue weighted by atomic mass is 10.0. The van der Waals surface area contributed by atoms with Crippen molar-refractivity contribution in [2.75, 3.05) is 18.8 Å². The maximum absolute atomic E-state index is 13.4. The van der Waals surface area contributed by atoms with Crippen LogP contribution in [0, 0.1) is 0 Å². The number of likely N-dealkylation sites (tertiary alicyclic amines) is 1. The number of carbonyl (C=O) groups is 3. The van der Waals surface area contributed by atoms with Crippen LogP contribution in [0.4, 0.5) is 4.79 Å². The van der Waals surface area contributed by atoms with Gasteiger partial charge < -0.3 is 25.4 Å². The van der Waals surface area contributed by atoms with Gasteiger partial charge in [0.2, 0.25) is 11.8 Å². The highest BCUT2D eigenvalue weighted by atomic mass is 32.2. The predicted octanol–water partition coefficient (Wildman–Crippen LogP) is 1.59. The van der Waals surface area contributed by atoms with Crippen LogP contribution in [0.3, 0.4) is 0 Å². The van der Waals surface area contributed by atoms with E-state index in [9.17, 15) is 14.4 Å². The number of hydrogen-bond donors (Lipinski definition) is 3. The number of primary amides is 1. The Morgan fingerprint density at radius 1 is 1.13 bits per heavy atom. The Kier molecular flexibility index (Phi) is 7.92. The van der Waals surface area contributed by atoms with Crippen molar-refractivity contribution in [2.24, 2.45) is 5.73 Å². The van der Waals surface area contributed by atoms with Gasteiger partial charge >= 0.3 is 6.09 Å². The van der Waals surface area contributed by atoms with Crippen LogP contribution in [0.1, 0.15) is 61.3 Å². The molecule has 4 N–H and O–H groups in total. The minimum atomic E-state index is -0.870. The van der Waals surface area contributed by atoms with Crippen LogP contribution in [0.15, 0.2) is 0 Å². The van der Waals surface area contributed by atoms with Crippen LogP contribution >= 0.6 is 11.8 Å². The Hall–Kier alpha value is -1.52. The molecule has 2 rings (SSSR count). The van der Waals surface area contributed by atoms with E-state index in [-0.39, 0.29) is 22.7 Å². The summed E-state index contributed by atoms with van der Waals surface area (Å²) in [6, 6.07) is -1.21. The van der Waals surface area contributed by atoms with E-state index in [1.165, 1.54) is 0 Å². The molecule has 2 aliphatic heterocycles. The topological polar surface area (TPSA) is 123 Å². The lowest BCUT2D eigenvalue weighted by Crippen LogP contribution is -2.59. The van der Waals surface area contributed by atoms with Gasteiger partial charge in [-0.15, -0.1) is 11.8 Å². The molecule has 3 atom stereocenters. The fourth-order valence-electron chi connectivity index (χ4n) is 3.81. The van der Waals surface area contributed by atoms with Gasteiger partial charge in [0.1, 0.15) is 11.6 Å². The summed E-state index contributed by atoms with van der Waals surface area (Å²) in [4.78, 5) is 38.8. The smallest absolute Gasteiger partial charge is 0.408 e. The first kappa shape index (κ1) is 25.7. The lowest BCUT2D eigenvalue weighted by Gasteiger charge is -2.41. The number of thioether (sulfide) groups is 1. The van der Waals surface area contributed by atoms with Crippen molar-refractivity contribution in [3.8, 4) is 0 Å². The Balaban J connectivity index is 2.06. The molecular formula is C21H38N4O5S. The summed E-state index contributed by atoms with van der Waals surface area (Å²) in [6.45, 7) is 13.8. The van der Waals surface area contributed by atoms with Crippen LogP contribution in [0.2, 0.25) is 0 Å². The second kappa shape index (κ2) is 9.54. The number of rotatable bonds is 5. The largest absolute Gasteiger partial charge is 0.444 e. The fraction of sp³-hybridized carbons (Fsp3) is 0.857. The zero-order chi connectivity index (χ0) is 23.6. The molecule has 9 nitrogen and oxygen atoms in total. The quantitative estimate of drug-likeness (QED) is 0.572. The van der Waals surface area contributed by atoms with E-state index in [0.717, 1.165) is 0 Å². The van der Waals surface area contributed by atoms with Gasteiger partial charge in [0, 0.05) is 18.8 Å². The third kappa shape index (κ3) is 7.54. The summed E-state index contributed by atoms with van der Waals surface area (Å²) in [5.41, 5.74) is 4.28. The van der Waals surface area contributed by atoms with E-state index in [1.807, 2.05) is 20.8 Å². The molecule has 0 unspecified atom stereocenters. The normalized spacial score (nSPS) is 23.3. The van der Waals surface area contributed by atoms with Gasteiger partial charge in [0.15, 0.2) is 0 Å². The number of ether oxygens (including phenoxy) is 2. The van der Waals surface area contributed by atoms with E-state index >= 15 is 0 Å². The third-order valence-corrected chi connectivity index (χ3v) is 6.72. The number of carbonyl (C=O) groups excluding carboxylic acids is 3. The highest BCUT2D eigenvalue weighted by Gasteiger charge is 2.45. The average molecular weight is 459 g/mol. The summed E-state index contributed by atoms with van der Waals surface area (Å²) in [7, 11) is 0. The number of nitrogens with zero attached hydrogens (tertiary/aromatic N) is 1. The molecule has 10 heteroatoms.